The van der Waals surface area contributed by atoms with Gasteiger partial charge in [-0.2, -0.15) is 0 Å². The van der Waals surface area contributed by atoms with Crippen molar-refractivity contribution in [3.05, 3.63) is 21.4 Å². The third kappa shape index (κ3) is 3.05. The van der Waals surface area contributed by atoms with Crippen molar-refractivity contribution in [2.45, 2.75) is 33.2 Å². The lowest BCUT2D eigenvalue weighted by molar-refractivity contribution is 0.0661. The molecule has 1 aliphatic rings. The molecule has 0 spiro atoms. The molecule has 0 aliphatic carbocycles. The number of hydrogen-bond donors (Lipinski definition) is 1. The molecule has 0 saturated carbocycles. The van der Waals surface area contributed by atoms with Gasteiger partial charge in [-0.15, -0.1) is 23.7 Å². The number of carbonyl (C=O) groups is 1. The molecule has 2 heterocycles. The van der Waals surface area contributed by atoms with Crippen molar-refractivity contribution in [2.75, 3.05) is 19.6 Å². The molecule has 0 radical (unpaired) electrons. The summed E-state index contributed by atoms with van der Waals surface area (Å²) in [5.74, 6) is 0.201. The summed E-state index contributed by atoms with van der Waals surface area (Å²) in [5.41, 5.74) is 1.25. The molecule has 0 bridgehead atoms. The van der Waals surface area contributed by atoms with Crippen molar-refractivity contribution >= 4 is 29.7 Å². The monoisotopic (exact) mass is 288 g/mol. The Morgan fingerprint density at radius 2 is 2.33 bits per heavy atom. The minimum atomic E-state index is 0. The van der Waals surface area contributed by atoms with E-state index in [0.29, 0.717) is 6.04 Å². The predicted molar refractivity (Wildman–Crippen MR) is 79.1 cm³/mol. The minimum absolute atomic E-state index is 0. The second-order valence-electron chi connectivity index (χ2n) is 4.62. The van der Waals surface area contributed by atoms with Gasteiger partial charge in [-0.1, -0.05) is 6.92 Å². The van der Waals surface area contributed by atoms with Gasteiger partial charge in [0, 0.05) is 30.6 Å². The van der Waals surface area contributed by atoms with E-state index in [1.54, 1.807) is 11.3 Å². The smallest absolute Gasteiger partial charge is 0.264 e. The van der Waals surface area contributed by atoms with E-state index in [9.17, 15) is 4.79 Å². The van der Waals surface area contributed by atoms with Crippen molar-refractivity contribution in [3.8, 4) is 0 Å². The maximum atomic E-state index is 12.4. The van der Waals surface area contributed by atoms with E-state index in [-0.39, 0.29) is 18.3 Å². The van der Waals surface area contributed by atoms with Gasteiger partial charge in [0.2, 0.25) is 0 Å². The summed E-state index contributed by atoms with van der Waals surface area (Å²) < 4.78 is 0. The Balaban J connectivity index is 0.00000162. The molecule has 2 rings (SSSR count). The van der Waals surface area contributed by atoms with Gasteiger partial charge in [0.15, 0.2) is 0 Å². The second-order valence-corrected chi connectivity index (χ2v) is 5.76. The van der Waals surface area contributed by atoms with E-state index in [4.69, 9.17) is 0 Å². The molecule has 1 N–H and O–H groups in total. The average molecular weight is 289 g/mol. The number of halogens is 1. The first-order chi connectivity index (χ1) is 8.13. The molecule has 1 amide bonds. The van der Waals surface area contributed by atoms with E-state index in [1.165, 1.54) is 10.4 Å². The molecule has 1 atom stereocenters. The topological polar surface area (TPSA) is 32.3 Å². The van der Waals surface area contributed by atoms with Gasteiger partial charge >= 0.3 is 0 Å². The summed E-state index contributed by atoms with van der Waals surface area (Å²) in [7, 11) is 0. The van der Waals surface area contributed by atoms with Crippen molar-refractivity contribution in [2.24, 2.45) is 0 Å². The van der Waals surface area contributed by atoms with Crippen LogP contribution in [0.4, 0.5) is 0 Å². The van der Waals surface area contributed by atoms with Crippen LogP contribution in [-0.2, 0) is 6.42 Å². The van der Waals surface area contributed by atoms with Crippen LogP contribution in [0.1, 0.15) is 34.0 Å². The SMILES string of the molecule is CCc1sc(C(=O)N2CCNC[C@H]2C)cc1C.Cl. The molecule has 3 nitrogen and oxygen atoms in total. The Morgan fingerprint density at radius 1 is 1.61 bits per heavy atom. The molecular weight excluding hydrogens is 268 g/mol. The van der Waals surface area contributed by atoms with E-state index >= 15 is 0 Å². The first-order valence-electron chi connectivity index (χ1n) is 6.24. The van der Waals surface area contributed by atoms with Crippen molar-refractivity contribution in [1.29, 1.82) is 0 Å². The lowest BCUT2D eigenvalue weighted by Gasteiger charge is -2.33. The molecule has 1 aliphatic heterocycles. The fraction of sp³-hybridized carbons (Fsp3) is 0.615. The summed E-state index contributed by atoms with van der Waals surface area (Å²) in [4.78, 5) is 16.6. The van der Waals surface area contributed by atoms with E-state index < -0.39 is 0 Å². The number of nitrogens with one attached hydrogen (secondary N) is 1. The lowest BCUT2D eigenvalue weighted by Crippen LogP contribution is -2.52. The maximum absolute atomic E-state index is 12.4. The second kappa shape index (κ2) is 6.55. The van der Waals surface area contributed by atoms with Crippen molar-refractivity contribution in [1.82, 2.24) is 10.2 Å². The van der Waals surface area contributed by atoms with Gasteiger partial charge in [-0.25, -0.2) is 0 Å². The zero-order chi connectivity index (χ0) is 12.4. The molecular formula is C13H21ClN2OS. The Labute approximate surface area is 119 Å². The molecule has 0 aromatic carbocycles. The highest BCUT2D eigenvalue weighted by molar-refractivity contribution is 7.14. The summed E-state index contributed by atoms with van der Waals surface area (Å²) in [5, 5.41) is 3.31. The summed E-state index contributed by atoms with van der Waals surface area (Å²) in [6, 6.07) is 2.34. The quantitative estimate of drug-likeness (QED) is 0.907. The fourth-order valence-electron chi connectivity index (χ4n) is 2.26. The number of piperazine rings is 1. The van der Waals surface area contributed by atoms with Crippen LogP contribution in [0.3, 0.4) is 0 Å². The van der Waals surface area contributed by atoms with Crippen LogP contribution in [0.2, 0.25) is 0 Å². The standard InChI is InChI=1S/C13H20N2OS.ClH/c1-4-11-9(2)7-12(17-11)13(16)15-6-5-14-8-10(15)3;/h7,10,14H,4-6,8H2,1-3H3;1H/t10-;/m1./s1. The third-order valence-electron chi connectivity index (χ3n) is 3.31. The molecule has 0 unspecified atom stereocenters. The number of hydrogen-bond acceptors (Lipinski definition) is 3. The van der Waals surface area contributed by atoms with Crippen LogP contribution in [0.25, 0.3) is 0 Å². The summed E-state index contributed by atoms with van der Waals surface area (Å²) in [6.07, 6.45) is 1.01. The highest BCUT2D eigenvalue weighted by atomic mass is 35.5. The summed E-state index contributed by atoms with van der Waals surface area (Å²) in [6.45, 7) is 8.95. The minimum Gasteiger partial charge on any atom is -0.333 e. The number of aryl methyl sites for hydroxylation is 2. The van der Waals surface area contributed by atoms with E-state index in [1.807, 2.05) is 11.0 Å². The first kappa shape index (κ1) is 15.5. The van der Waals surface area contributed by atoms with Gasteiger partial charge in [0.25, 0.3) is 5.91 Å². The molecule has 1 aromatic rings. The van der Waals surface area contributed by atoms with Crippen LogP contribution in [0.15, 0.2) is 6.07 Å². The zero-order valence-corrected chi connectivity index (χ0v) is 12.8. The maximum Gasteiger partial charge on any atom is 0.264 e. The molecule has 5 heteroatoms. The zero-order valence-electron chi connectivity index (χ0n) is 11.2. The van der Waals surface area contributed by atoms with Gasteiger partial charge < -0.3 is 10.2 Å². The first-order valence-corrected chi connectivity index (χ1v) is 7.06. The van der Waals surface area contributed by atoms with E-state index in [2.05, 4.69) is 26.1 Å². The van der Waals surface area contributed by atoms with Gasteiger partial charge in [-0.05, 0) is 31.9 Å². The number of thiophene rings is 1. The lowest BCUT2D eigenvalue weighted by atomic mass is 10.2. The normalized spacial score (nSPS) is 19.5. The number of amides is 1. The third-order valence-corrected chi connectivity index (χ3v) is 4.68. The van der Waals surface area contributed by atoms with Crippen LogP contribution in [0, 0.1) is 6.92 Å². The Kier molecular flexibility index (Phi) is 5.63. The highest BCUT2D eigenvalue weighted by Gasteiger charge is 2.25. The van der Waals surface area contributed by atoms with Crippen molar-refractivity contribution in [3.63, 3.8) is 0 Å². The summed E-state index contributed by atoms with van der Waals surface area (Å²) >= 11 is 1.65. The number of nitrogens with zero attached hydrogens (tertiary/aromatic N) is 1. The fourth-order valence-corrected chi connectivity index (χ4v) is 3.33. The van der Waals surface area contributed by atoms with Crippen LogP contribution < -0.4 is 5.32 Å². The van der Waals surface area contributed by atoms with Gasteiger partial charge in [0.05, 0.1) is 4.88 Å². The van der Waals surface area contributed by atoms with Crippen molar-refractivity contribution < 1.29 is 4.79 Å². The Bertz CT molecular complexity index is 419. The predicted octanol–water partition coefficient (Wildman–Crippen LogP) is 2.47. The molecule has 102 valence electrons. The number of rotatable bonds is 2. The van der Waals surface area contributed by atoms with Gasteiger partial charge in [0.1, 0.15) is 0 Å². The Hall–Kier alpha value is -0.580. The molecule has 1 aromatic heterocycles. The molecule has 1 fully saturated rings. The molecule has 18 heavy (non-hydrogen) atoms. The average Bonchev–Trinajstić information content (AvgIpc) is 2.70. The molecule has 1 saturated heterocycles. The highest BCUT2D eigenvalue weighted by Crippen LogP contribution is 2.24. The van der Waals surface area contributed by atoms with Crippen LogP contribution in [-0.4, -0.2) is 36.5 Å². The van der Waals surface area contributed by atoms with E-state index in [0.717, 1.165) is 30.9 Å². The Morgan fingerprint density at radius 3 is 2.89 bits per heavy atom. The van der Waals surface area contributed by atoms with Gasteiger partial charge in [-0.3, -0.25) is 4.79 Å². The largest absolute Gasteiger partial charge is 0.333 e. The van der Waals surface area contributed by atoms with Crippen LogP contribution in [0.5, 0.6) is 0 Å². The number of carbonyl (C=O) groups excluding carboxylic acids is 1. The van der Waals surface area contributed by atoms with Crippen LogP contribution >= 0.6 is 23.7 Å².